The largest absolute Gasteiger partial charge is 0.333 e. The SMILES string of the molecule is CC(=O)Nc1ccc(Nc2nccc(C(=O)N3CCc4ccccc4C3)n2)cc1. The maximum atomic E-state index is 12.9. The number of amides is 2. The summed E-state index contributed by atoms with van der Waals surface area (Å²) >= 11 is 0. The zero-order chi connectivity index (χ0) is 20.2. The van der Waals surface area contributed by atoms with Crippen molar-refractivity contribution >= 4 is 29.1 Å². The van der Waals surface area contributed by atoms with Crippen molar-refractivity contribution in [2.24, 2.45) is 0 Å². The van der Waals surface area contributed by atoms with Gasteiger partial charge in [0.25, 0.3) is 5.91 Å². The Hall–Kier alpha value is -3.74. The summed E-state index contributed by atoms with van der Waals surface area (Å²) in [6.07, 6.45) is 2.42. The van der Waals surface area contributed by atoms with Crippen molar-refractivity contribution in [2.75, 3.05) is 17.2 Å². The monoisotopic (exact) mass is 387 g/mol. The van der Waals surface area contributed by atoms with Crippen LogP contribution in [0.25, 0.3) is 0 Å². The molecule has 0 fully saturated rings. The molecular weight excluding hydrogens is 366 g/mol. The lowest BCUT2D eigenvalue weighted by atomic mass is 10.00. The van der Waals surface area contributed by atoms with Crippen LogP contribution in [-0.4, -0.2) is 33.2 Å². The molecule has 2 N–H and O–H groups in total. The number of hydrogen-bond acceptors (Lipinski definition) is 5. The van der Waals surface area contributed by atoms with E-state index in [1.165, 1.54) is 18.1 Å². The summed E-state index contributed by atoms with van der Waals surface area (Å²) in [6, 6.07) is 17.0. The third-order valence-electron chi connectivity index (χ3n) is 4.75. The minimum absolute atomic E-state index is 0.106. The van der Waals surface area contributed by atoms with E-state index in [-0.39, 0.29) is 11.8 Å². The van der Waals surface area contributed by atoms with E-state index in [1.807, 2.05) is 29.2 Å². The van der Waals surface area contributed by atoms with Gasteiger partial charge in [-0.25, -0.2) is 9.97 Å². The van der Waals surface area contributed by atoms with Gasteiger partial charge in [0, 0.05) is 37.6 Å². The van der Waals surface area contributed by atoms with Crippen LogP contribution in [0, 0.1) is 0 Å². The van der Waals surface area contributed by atoms with E-state index in [2.05, 4.69) is 32.7 Å². The van der Waals surface area contributed by atoms with Gasteiger partial charge in [0.15, 0.2) is 0 Å². The highest BCUT2D eigenvalue weighted by Gasteiger charge is 2.22. The second-order valence-electron chi connectivity index (χ2n) is 6.89. The highest BCUT2D eigenvalue weighted by molar-refractivity contribution is 5.92. The van der Waals surface area contributed by atoms with Gasteiger partial charge in [0.2, 0.25) is 11.9 Å². The average molecular weight is 387 g/mol. The fourth-order valence-electron chi connectivity index (χ4n) is 3.34. The maximum absolute atomic E-state index is 12.9. The zero-order valence-electron chi connectivity index (χ0n) is 16.1. The molecule has 1 aromatic heterocycles. The molecular formula is C22H21N5O2. The molecule has 0 aliphatic carbocycles. The predicted octanol–water partition coefficient (Wildman–Crippen LogP) is 3.38. The number of rotatable bonds is 4. The van der Waals surface area contributed by atoms with Crippen molar-refractivity contribution in [1.29, 1.82) is 0 Å². The molecule has 3 aromatic rings. The highest BCUT2D eigenvalue weighted by Crippen LogP contribution is 2.21. The lowest BCUT2D eigenvalue weighted by molar-refractivity contribution is -0.114. The Balaban J connectivity index is 1.46. The summed E-state index contributed by atoms with van der Waals surface area (Å²) in [5, 5.41) is 5.81. The topological polar surface area (TPSA) is 87.2 Å². The van der Waals surface area contributed by atoms with E-state index in [1.54, 1.807) is 24.4 Å². The van der Waals surface area contributed by atoms with Gasteiger partial charge in [0.05, 0.1) is 0 Å². The van der Waals surface area contributed by atoms with Crippen LogP contribution in [0.15, 0.2) is 60.8 Å². The molecule has 1 aliphatic heterocycles. The molecule has 2 amide bonds. The molecule has 2 aromatic carbocycles. The molecule has 0 unspecified atom stereocenters. The van der Waals surface area contributed by atoms with Gasteiger partial charge in [-0.05, 0) is 47.9 Å². The number of fused-ring (bicyclic) bond motifs is 1. The molecule has 7 heteroatoms. The molecule has 0 atom stereocenters. The number of aromatic nitrogens is 2. The first-order valence-corrected chi connectivity index (χ1v) is 9.42. The van der Waals surface area contributed by atoms with E-state index in [4.69, 9.17) is 0 Å². The normalized spacial score (nSPS) is 12.8. The third-order valence-corrected chi connectivity index (χ3v) is 4.75. The van der Waals surface area contributed by atoms with Crippen LogP contribution in [0.2, 0.25) is 0 Å². The first-order valence-electron chi connectivity index (χ1n) is 9.42. The fourth-order valence-corrected chi connectivity index (χ4v) is 3.34. The van der Waals surface area contributed by atoms with Crippen LogP contribution in [0.5, 0.6) is 0 Å². The first kappa shape index (κ1) is 18.6. The van der Waals surface area contributed by atoms with Crippen molar-refractivity contribution in [1.82, 2.24) is 14.9 Å². The van der Waals surface area contributed by atoms with E-state index in [0.717, 1.165) is 12.1 Å². The molecule has 0 radical (unpaired) electrons. The molecule has 0 spiro atoms. The van der Waals surface area contributed by atoms with E-state index >= 15 is 0 Å². The number of hydrogen-bond donors (Lipinski definition) is 2. The highest BCUT2D eigenvalue weighted by atomic mass is 16.2. The van der Waals surface area contributed by atoms with Crippen LogP contribution in [-0.2, 0) is 17.8 Å². The number of nitrogens with zero attached hydrogens (tertiary/aromatic N) is 3. The van der Waals surface area contributed by atoms with Crippen molar-refractivity contribution in [3.8, 4) is 0 Å². The number of anilines is 3. The average Bonchev–Trinajstić information content (AvgIpc) is 2.74. The standard InChI is InChI=1S/C22H21N5O2/c1-15(28)24-18-6-8-19(9-7-18)25-22-23-12-10-20(26-22)21(29)27-13-11-16-4-2-3-5-17(16)14-27/h2-10,12H,11,13-14H2,1H3,(H,24,28)(H,23,25,26). The first-order chi connectivity index (χ1) is 14.1. The van der Waals surface area contributed by atoms with Crippen LogP contribution in [0.3, 0.4) is 0 Å². The number of nitrogens with one attached hydrogen (secondary N) is 2. The van der Waals surface area contributed by atoms with Gasteiger partial charge in [-0.3, -0.25) is 9.59 Å². The summed E-state index contributed by atoms with van der Waals surface area (Å²) in [6.45, 7) is 2.73. The number of carbonyl (C=O) groups excluding carboxylic acids is 2. The van der Waals surface area contributed by atoms with Gasteiger partial charge >= 0.3 is 0 Å². The molecule has 0 saturated heterocycles. The maximum Gasteiger partial charge on any atom is 0.272 e. The summed E-state index contributed by atoms with van der Waals surface area (Å²) in [5.74, 6) is 0.118. The lowest BCUT2D eigenvalue weighted by Crippen LogP contribution is -2.36. The summed E-state index contributed by atoms with van der Waals surface area (Å²) in [5.41, 5.74) is 4.30. The van der Waals surface area contributed by atoms with Gasteiger partial charge in [0.1, 0.15) is 5.69 Å². The lowest BCUT2D eigenvalue weighted by Gasteiger charge is -2.28. The van der Waals surface area contributed by atoms with Crippen molar-refractivity contribution in [2.45, 2.75) is 19.9 Å². The minimum atomic E-state index is -0.124. The van der Waals surface area contributed by atoms with Gasteiger partial charge in [-0.15, -0.1) is 0 Å². The Morgan fingerprint density at radius 3 is 2.45 bits per heavy atom. The smallest absolute Gasteiger partial charge is 0.272 e. The Morgan fingerprint density at radius 2 is 1.69 bits per heavy atom. The molecule has 4 rings (SSSR count). The number of benzene rings is 2. The summed E-state index contributed by atoms with van der Waals surface area (Å²) in [4.78, 5) is 34.4. The van der Waals surface area contributed by atoms with Crippen molar-refractivity contribution in [3.63, 3.8) is 0 Å². The van der Waals surface area contributed by atoms with Crippen LogP contribution in [0.1, 0.15) is 28.5 Å². The van der Waals surface area contributed by atoms with Gasteiger partial charge in [-0.2, -0.15) is 0 Å². The van der Waals surface area contributed by atoms with E-state index in [9.17, 15) is 9.59 Å². The molecule has 2 heterocycles. The second kappa shape index (κ2) is 8.10. The minimum Gasteiger partial charge on any atom is -0.333 e. The van der Waals surface area contributed by atoms with Crippen molar-refractivity contribution < 1.29 is 9.59 Å². The van der Waals surface area contributed by atoms with E-state index < -0.39 is 0 Å². The van der Waals surface area contributed by atoms with Crippen LogP contribution < -0.4 is 10.6 Å². The molecule has 7 nitrogen and oxygen atoms in total. The summed E-state index contributed by atoms with van der Waals surface area (Å²) < 4.78 is 0. The fraction of sp³-hybridized carbons (Fsp3) is 0.182. The molecule has 29 heavy (non-hydrogen) atoms. The zero-order valence-corrected chi connectivity index (χ0v) is 16.1. The van der Waals surface area contributed by atoms with Crippen LogP contribution >= 0.6 is 0 Å². The summed E-state index contributed by atoms with van der Waals surface area (Å²) in [7, 11) is 0. The third kappa shape index (κ3) is 4.40. The van der Waals surface area contributed by atoms with Crippen LogP contribution in [0.4, 0.5) is 17.3 Å². The molecule has 0 saturated carbocycles. The quantitative estimate of drug-likeness (QED) is 0.717. The number of carbonyl (C=O) groups is 2. The van der Waals surface area contributed by atoms with Crippen molar-refractivity contribution in [3.05, 3.63) is 77.6 Å². The Labute approximate surface area is 168 Å². The second-order valence-corrected chi connectivity index (χ2v) is 6.89. The Bertz CT molecular complexity index is 1050. The Morgan fingerprint density at radius 1 is 0.966 bits per heavy atom. The molecule has 1 aliphatic rings. The van der Waals surface area contributed by atoms with E-state index in [0.29, 0.717) is 30.4 Å². The van der Waals surface area contributed by atoms with Gasteiger partial charge < -0.3 is 15.5 Å². The molecule has 146 valence electrons. The van der Waals surface area contributed by atoms with Gasteiger partial charge in [-0.1, -0.05) is 24.3 Å². The Kier molecular flexibility index (Phi) is 5.20. The molecule has 0 bridgehead atoms. The predicted molar refractivity (Wildman–Crippen MR) is 111 cm³/mol.